The molecule has 2 aromatic carbocycles. The van der Waals surface area contributed by atoms with Gasteiger partial charge in [-0.25, -0.2) is 4.90 Å². The lowest BCUT2D eigenvalue weighted by Crippen LogP contribution is -2.34. The van der Waals surface area contributed by atoms with E-state index < -0.39 is 6.04 Å². The summed E-state index contributed by atoms with van der Waals surface area (Å²) in [6.07, 6.45) is 0.0409. The van der Waals surface area contributed by atoms with Crippen LogP contribution in [0.5, 0.6) is 11.5 Å². The van der Waals surface area contributed by atoms with Gasteiger partial charge in [-0.05, 0) is 36.4 Å². The van der Waals surface area contributed by atoms with Gasteiger partial charge in [0.1, 0.15) is 17.5 Å². The van der Waals surface area contributed by atoms with E-state index in [0.29, 0.717) is 17.1 Å². The molecule has 1 aliphatic rings. The van der Waals surface area contributed by atoms with Gasteiger partial charge in [-0.2, -0.15) is 0 Å². The van der Waals surface area contributed by atoms with Gasteiger partial charge in [-0.1, -0.05) is 12.1 Å². The molecule has 0 saturated carbocycles. The number of para-hydroxylation sites is 2. The van der Waals surface area contributed by atoms with Gasteiger partial charge >= 0.3 is 0 Å². The molecule has 2 aromatic rings. The summed E-state index contributed by atoms with van der Waals surface area (Å²) in [5, 5.41) is 12.7. The maximum absolute atomic E-state index is 12.5. The number of imide groups is 1. The molecular formula is C17H16N2O4. The molecule has 3 rings (SSSR count). The molecule has 0 spiro atoms. The number of methoxy groups -OCH3 is 1. The molecule has 1 atom stereocenters. The van der Waals surface area contributed by atoms with Crippen molar-refractivity contribution in [2.24, 2.45) is 0 Å². The minimum Gasteiger partial charge on any atom is -0.506 e. The number of amides is 2. The Morgan fingerprint density at radius 1 is 1.13 bits per heavy atom. The highest BCUT2D eigenvalue weighted by Gasteiger charge is 2.39. The first-order valence-electron chi connectivity index (χ1n) is 7.15. The first kappa shape index (κ1) is 14.9. The molecule has 1 aliphatic heterocycles. The van der Waals surface area contributed by atoms with Crippen molar-refractivity contribution in [3.8, 4) is 11.5 Å². The van der Waals surface area contributed by atoms with Crippen LogP contribution in [0.15, 0.2) is 48.5 Å². The fourth-order valence-corrected chi connectivity index (χ4v) is 2.53. The number of nitrogens with one attached hydrogen (secondary N) is 1. The number of benzene rings is 2. The molecule has 0 radical (unpaired) electrons. The van der Waals surface area contributed by atoms with E-state index in [1.54, 1.807) is 49.6 Å². The standard InChI is InChI=1S/C17H16N2O4/c1-23-12-8-6-11(7-9-12)19-16(21)10-14(17(19)22)18-13-4-2-3-5-15(13)20/h2-9,14,18,20H,10H2,1H3. The molecule has 6 nitrogen and oxygen atoms in total. The Labute approximate surface area is 133 Å². The third kappa shape index (κ3) is 2.83. The summed E-state index contributed by atoms with van der Waals surface area (Å²) in [5.74, 6) is 0.0591. The number of phenols is 1. The summed E-state index contributed by atoms with van der Waals surface area (Å²) in [7, 11) is 1.55. The van der Waals surface area contributed by atoms with Crippen LogP contribution >= 0.6 is 0 Å². The maximum atomic E-state index is 12.5. The number of anilines is 2. The van der Waals surface area contributed by atoms with Gasteiger partial charge in [0.15, 0.2) is 0 Å². The topological polar surface area (TPSA) is 78.9 Å². The molecule has 2 N–H and O–H groups in total. The van der Waals surface area contributed by atoms with Gasteiger partial charge in [0.05, 0.1) is 24.9 Å². The molecule has 1 fully saturated rings. The molecule has 2 amide bonds. The fourth-order valence-electron chi connectivity index (χ4n) is 2.53. The van der Waals surface area contributed by atoms with Gasteiger partial charge < -0.3 is 15.2 Å². The van der Waals surface area contributed by atoms with Crippen molar-refractivity contribution in [2.45, 2.75) is 12.5 Å². The number of carbonyl (C=O) groups excluding carboxylic acids is 2. The zero-order valence-electron chi connectivity index (χ0n) is 12.5. The number of nitrogens with zero attached hydrogens (tertiary/aromatic N) is 1. The van der Waals surface area contributed by atoms with Crippen LogP contribution < -0.4 is 15.0 Å². The molecule has 118 valence electrons. The van der Waals surface area contributed by atoms with Crippen molar-refractivity contribution in [1.29, 1.82) is 0 Å². The summed E-state index contributed by atoms with van der Waals surface area (Å²) < 4.78 is 5.07. The molecule has 6 heteroatoms. The quantitative estimate of drug-likeness (QED) is 0.668. The maximum Gasteiger partial charge on any atom is 0.256 e. The van der Waals surface area contributed by atoms with E-state index >= 15 is 0 Å². The van der Waals surface area contributed by atoms with E-state index in [1.165, 1.54) is 6.07 Å². The predicted octanol–water partition coefficient (Wildman–Crippen LogP) is 2.14. The van der Waals surface area contributed by atoms with E-state index in [1.807, 2.05) is 0 Å². The SMILES string of the molecule is COc1ccc(N2C(=O)CC(Nc3ccccc3O)C2=O)cc1. The number of rotatable bonds is 4. The average molecular weight is 312 g/mol. The number of ether oxygens (including phenoxy) is 1. The number of aromatic hydroxyl groups is 1. The third-order valence-electron chi connectivity index (χ3n) is 3.71. The van der Waals surface area contributed by atoms with Crippen LogP contribution in [0.2, 0.25) is 0 Å². The normalized spacial score (nSPS) is 17.4. The number of phenolic OH excluding ortho intramolecular Hbond substituents is 1. The van der Waals surface area contributed by atoms with Crippen molar-refractivity contribution in [3.05, 3.63) is 48.5 Å². The number of hydrogen-bond acceptors (Lipinski definition) is 5. The Kier molecular flexibility index (Phi) is 3.89. The minimum absolute atomic E-state index is 0.0376. The molecule has 1 heterocycles. The van der Waals surface area contributed by atoms with E-state index in [-0.39, 0.29) is 24.0 Å². The number of carbonyl (C=O) groups is 2. The Morgan fingerprint density at radius 2 is 1.83 bits per heavy atom. The summed E-state index contributed by atoms with van der Waals surface area (Å²) in [5.41, 5.74) is 0.928. The largest absolute Gasteiger partial charge is 0.506 e. The summed E-state index contributed by atoms with van der Waals surface area (Å²) >= 11 is 0. The lowest BCUT2D eigenvalue weighted by molar-refractivity contribution is -0.121. The molecule has 0 bridgehead atoms. The van der Waals surface area contributed by atoms with Crippen LogP contribution in [0.4, 0.5) is 11.4 Å². The highest BCUT2D eigenvalue weighted by Crippen LogP contribution is 2.29. The molecule has 23 heavy (non-hydrogen) atoms. The Morgan fingerprint density at radius 3 is 2.48 bits per heavy atom. The molecule has 1 saturated heterocycles. The monoisotopic (exact) mass is 312 g/mol. The Bertz CT molecular complexity index is 743. The van der Waals surface area contributed by atoms with E-state index in [0.717, 1.165) is 4.90 Å². The van der Waals surface area contributed by atoms with Crippen molar-refractivity contribution >= 4 is 23.2 Å². The zero-order valence-corrected chi connectivity index (χ0v) is 12.5. The van der Waals surface area contributed by atoms with Crippen LogP contribution in [-0.4, -0.2) is 30.1 Å². The van der Waals surface area contributed by atoms with Crippen LogP contribution in [0, 0.1) is 0 Å². The van der Waals surface area contributed by atoms with Crippen LogP contribution in [0.3, 0.4) is 0 Å². The van der Waals surface area contributed by atoms with Gasteiger partial charge in [-0.15, -0.1) is 0 Å². The first-order chi connectivity index (χ1) is 11.1. The smallest absolute Gasteiger partial charge is 0.256 e. The summed E-state index contributed by atoms with van der Waals surface area (Å²) in [6, 6.07) is 12.6. The second-order valence-corrected chi connectivity index (χ2v) is 5.18. The van der Waals surface area contributed by atoms with E-state index in [4.69, 9.17) is 4.74 Å². The van der Waals surface area contributed by atoms with Crippen LogP contribution in [0.1, 0.15) is 6.42 Å². The van der Waals surface area contributed by atoms with Gasteiger partial charge in [-0.3, -0.25) is 9.59 Å². The highest BCUT2D eigenvalue weighted by molar-refractivity contribution is 6.23. The van der Waals surface area contributed by atoms with Crippen LogP contribution in [-0.2, 0) is 9.59 Å². The second kappa shape index (κ2) is 6.00. The fraction of sp³-hybridized carbons (Fsp3) is 0.176. The van der Waals surface area contributed by atoms with Crippen LogP contribution in [0.25, 0.3) is 0 Å². The lowest BCUT2D eigenvalue weighted by Gasteiger charge is -2.16. The van der Waals surface area contributed by atoms with E-state index in [2.05, 4.69) is 5.32 Å². The van der Waals surface area contributed by atoms with Crippen molar-refractivity contribution in [1.82, 2.24) is 0 Å². The van der Waals surface area contributed by atoms with Crippen molar-refractivity contribution < 1.29 is 19.4 Å². The first-order valence-corrected chi connectivity index (χ1v) is 7.15. The summed E-state index contributed by atoms with van der Waals surface area (Å²) in [4.78, 5) is 25.9. The second-order valence-electron chi connectivity index (χ2n) is 5.18. The third-order valence-corrected chi connectivity index (χ3v) is 3.71. The van der Waals surface area contributed by atoms with Crippen molar-refractivity contribution in [2.75, 3.05) is 17.3 Å². The lowest BCUT2D eigenvalue weighted by atomic mass is 10.2. The zero-order chi connectivity index (χ0) is 16.4. The Balaban J connectivity index is 1.80. The molecule has 0 aliphatic carbocycles. The predicted molar refractivity (Wildman–Crippen MR) is 85.6 cm³/mol. The van der Waals surface area contributed by atoms with E-state index in [9.17, 15) is 14.7 Å². The highest BCUT2D eigenvalue weighted by atomic mass is 16.5. The minimum atomic E-state index is -0.696. The number of hydrogen-bond donors (Lipinski definition) is 2. The molecular weight excluding hydrogens is 296 g/mol. The molecule has 0 aromatic heterocycles. The van der Waals surface area contributed by atoms with Crippen molar-refractivity contribution in [3.63, 3.8) is 0 Å². The summed E-state index contributed by atoms with van der Waals surface area (Å²) in [6.45, 7) is 0. The average Bonchev–Trinajstić information content (AvgIpc) is 2.84. The van der Waals surface area contributed by atoms with Gasteiger partial charge in [0, 0.05) is 0 Å². The molecule has 1 unspecified atom stereocenters. The van der Waals surface area contributed by atoms with Gasteiger partial charge in [0.25, 0.3) is 5.91 Å². The Hall–Kier alpha value is -3.02. The van der Waals surface area contributed by atoms with Gasteiger partial charge in [0.2, 0.25) is 5.91 Å².